The fraction of sp³-hybridized carbons (Fsp3) is 0.143. The van der Waals surface area contributed by atoms with Gasteiger partial charge in [-0.15, -0.1) is 0 Å². The number of carbonyl (C=O) groups excluding carboxylic acids is 2. The molecule has 0 atom stereocenters. The molecule has 0 amide bonds. The van der Waals surface area contributed by atoms with Gasteiger partial charge in [0.25, 0.3) is 0 Å². The number of esters is 2. The van der Waals surface area contributed by atoms with Crippen molar-refractivity contribution in [2.45, 2.75) is 13.3 Å². The third-order valence-corrected chi connectivity index (χ3v) is 5.13. The molecular weight excluding hydrogens is 330 g/mol. The number of pyridine rings is 1. The first-order valence-electron chi connectivity index (χ1n) is 8.48. The largest absolute Gasteiger partial charge is 0.497 e. The lowest BCUT2D eigenvalue weighted by Gasteiger charge is -2.06. The number of carbonyl (C=O) groups is 2. The molecule has 5 rings (SSSR count). The van der Waals surface area contributed by atoms with Crippen LogP contribution in [0.4, 0.5) is 0 Å². The van der Waals surface area contributed by atoms with Gasteiger partial charge in [-0.05, 0) is 41.8 Å². The number of aryl methyl sites for hydroxylation is 1. The highest BCUT2D eigenvalue weighted by Crippen LogP contribution is 2.43. The molecule has 1 aliphatic heterocycles. The lowest BCUT2D eigenvalue weighted by molar-refractivity contribution is 0.0444. The molecule has 0 saturated carbocycles. The van der Waals surface area contributed by atoms with E-state index in [9.17, 15) is 9.59 Å². The Bertz CT molecular complexity index is 1200. The molecule has 0 N–H and O–H groups in total. The summed E-state index contributed by atoms with van der Waals surface area (Å²) < 4.78 is 12.2. The maximum atomic E-state index is 12.4. The third kappa shape index (κ3) is 1.69. The number of methoxy groups -OCH3 is 1. The van der Waals surface area contributed by atoms with E-state index in [0.717, 1.165) is 45.4 Å². The summed E-state index contributed by atoms with van der Waals surface area (Å²) in [4.78, 5) is 24.6. The van der Waals surface area contributed by atoms with E-state index in [0.29, 0.717) is 11.1 Å². The summed E-state index contributed by atoms with van der Waals surface area (Å²) in [5, 5.41) is 0. The van der Waals surface area contributed by atoms with Gasteiger partial charge in [-0.25, -0.2) is 9.59 Å². The van der Waals surface area contributed by atoms with Crippen molar-refractivity contribution < 1.29 is 19.1 Å². The summed E-state index contributed by atoms with van der Waals surface area (Å²) in [6.45, 7) is 2.09. The average Bonchev–Trinajstić information content (AvgIpc) is 3.27. The summed E-state index contributed by atoms with van der Waals surface area (Å²) >= 11 is 0. The first kappa shape index (κ1) is 15.0. The van der Waals surface area contributed by atoms with Crippen molar-refractivity contribution >= 4 is 28.5 Å². The monoisotopic (exact) mass is 345 g/mol. The summed E-state index contributed by atoms with van der Waals surface area (Å²) in [5.74, 6) is -0.374. The molecule has 5 heteroatoms. The zero-order valence-corrected chi connectivity index (χ0v) is 14.3. The highest BCUT2D eigenvalue weighted by atomic mass is 16.6. The molecule has 0 radical (unpaired) electrons. The maximum Gasteiger partial charge on any atom is 0.349 e. The minimum Gasteiger partial charge on any atom is -0.497 e. The lowest BCUT2D eigenvalue weighted by atomic mass is 9.97. The normalized spacial score (nSPS) is 13.6. The number of rotatable bonds is 3. The molecule has 1 aliphatic rings. The Kier molecular flexibility index (Phi) is 2.92. The van der Waals surface area contributed by atoms with Crippen molar-refractivity contribution in [3.8, 4) is 16.9 Å². The second-order valence-corrected chi connectivity index (χ2v) is 6.34. The van der Waals surface area contributed by atoms with E-state index in [2.05, 4.69) is 6.92 Å². The van der Waals surface area contributed by atoms with Crippen LogP contribution in [0.1, 0.15) is 33.2 Å². The van der Waals surface area contributed by atoms with E-state index in [4.69, 9.17) is 9.47 Å². The highest BCUT2D eigenvalue weighted by molar-refractivity contribution is 6.25. The number of hydrogen-bond acceptors (Lipinski definition) is 4. The molecule has 0 unspecified atom stereocenters. The Hall–Kier alpha value is -3.34. The van der Waals surface area contributed by atoms with Crippen LogP contribution in [0.25, 0.3) is 27.7 Å². The second kappa shape index (κ2) is 5.08. The Morgan fingerprint density at radius 2 is 1.62 bits per heavy atom. The molecule has 1 aromatic carbocycles. The lowest BCUT2D eigenvalue weighted by Crippen LogP contribution is -2.00. The summed E-state index contributed by atoms with van der Waals surface area (Å²) in [5.41, 5.74) is 6.32. The molecule has 0 saturated heterocycles. The Morgan fingerprint density at radius 1 is 0.923 bits per heavy atom. The van der Waals surface area contributed by atoms with Crippen molar-refractivity contribution in [3.05, 3.63) is 59.2 Å². The van der Waals surface area contributed by atoms with Crippen LogP contribution in [-0.2, 0) is 11.2 Å². The maximum absolute atomic E-state index is 12.4. The number of nitrogens with zero attached hydrogens (tertiary/aromatic N) is 1. The van der Waals surface area contributed by atoms with Gasteiger partial charge in [0.15, 0.2) is 0 Å². The fourth-order valence-corrected chi connectivity index (χ4v) is 4.07. The average molecular weight is 345 g/mol. The van der Waals surface area contributed by atoms with Crippen LogP contribution in [0.5, 0.6) is 5.75 Å². The Balaban J connectivity index is 1.97. The van der Waals surface area contributed by atoms with Gasteiger partial charge in [-0.3, -0.25) is 0 Å². The van der Waals surface area contributed by atoms with Gasteiger partial charge in [0.1, 0.15) is 16.9 Å². The van der Waals surface area contributed by atoms with Crippen molar-refractivity contribution in [3.63, 3.8) is 0 Å². The molecule has 26 heavy (non-hydrogen) atoms. The van der Waals surface area contributed by atoms with Crippen LogP contribution in [0.3, 0.4) is 0 Å². The zero-order chi connectivity index (χ0) is 18.0. The van der Waals surface area contributed by atoms with E-state index < -0.39 is 11.9 Å². The van der Waals surface area contributed by atoms with Crippen LogP contribution in [-0.4, -0.2) is 23.4 Å². The highest BCUT2D eigenvalue weighted by Gasteiger charge is 2.39. The third-order valence-electron chi connectivity index (χ3n) is 5.13. The summed E-state index contributed by atoms with van der Waals surface area (Å²) in [6, 6.07) is 13.5. The van der Waals surface area contributed by atoms with E-state index in [1.165, 1.54) is 0 Å². The number of hydrogen-bond donors (Lipinski definition) is 0. The molecule has 3 aromatic heterocycles. The smallest absolute Gasteiger partial charge is 0.349 e. The SMILES string of the molecule is CCc1c(-c2ccc(OC)cc2)c2c3c(c4cccc1n42)C(=O)OC3=O. The van der Waals surface area contributed by atoms with Gasteiger partial charge in [-0.2, -0.15) is 0 Å². The second-order valence-electron chi connectivity index (χ2n) is 6.34. The van der Waals surface area contributed by atoms with E-state index >= 15 is 0 Å². The van der Waals surface area contributed by atoms with Crippen molar-refractivity contribution in [1.82, 2.24) is 4.40 Å². The Labute approximate surface area is 149 Å². The van der Waals surface area contributed by atoms with Gasteiger partial charge in [0.05, 0.1) is 23.7 Å². The van der Waals surface area contributed by atoms with E-state index in [1.54, 1.807) is 7.11 Å². The molecule has 128 valence electrons. The quantitative estimate of drug-likeness (QED) is 0.415. The first-order valence-corrected chi connectivity index (χ1v) is 8.48. The van der Waals surface area contributed by atoms with Crippen LogP contribution in [0.15, 0.2) is 42.5 Å². The van der Waals surface area contributed by atoms with E-state index in [1.807, 2.05) is 46.9 Å². The molecule has 5 nitrogen and oxygen atoms in total. The fourth-order valence-electron chi connectivity index (χ4n) is 4.07. The molecule has 0 aliphatic carbocycles. The van der Waals surface area contributed by atoms with Crippen molar-refractivity contribution in [1.29, 1.82) is 0 Å². The number of benzene rings is 1. The molecule has 0 fully saturated rings. The van der Waals surface area contributed by atoms with Crippen LogP contribution in [0, 0.1) is 0 Å². The van der Waals surface area contributed by atoms with E-state index in [-0.39, 0.29) is 0 Å². The van der Waals surface area contributed by atoms with Gasteiger partial charge in [-0.1, -0.05) is 25.1 Å². The van der Waals surface area contributed by atoms with Gasteiger partial charge in [0, 0.05) is 5.56 Å². The predicted molar refractivity (Wildman–Crippen MR) is 97.2 cm³/mol. The number of cyclic esters (lactones) is 2. The summed E-state index contributed by atoms with van der Waals surface area (Å²) in [7, 11) is 1.63. The number of aromatic nitrogens is 1. The van der Waals surface area contributed by atoms with Gasteiger partial charge in [0.2, 0.25) is 0 Å². The topological polar surface area (TPSA) is 57.0 Å². The zero-order valence-electron chi connectivity index (χ0n) is 14.3. The number of ether oxygens (including phenoxy) is 2. The Morgan fingerprint density at radius 3 is 2.31 bits per heavy atom. The molecule has 0 bridgehead atoms. The number of fused-ring (bicyclic) bond motifs is 3. The van der Waals surface area contributed by atoms with Gasteiger partial charge < -0.3 is 13.9 Å². The predicted octanol–water partition coefficient (Wildman–Crippen LogP) is 4.08. The minimum absolute atomic E-state index is 0.369. The molecule has 0 spiro atoms. The minimum atomic E-state index is -0.571. The molecule has 4 aromatic rings. The molecular formula is C21H15NO4. The van der Waals surface area contributed by atoms with Crippen LogP contribution in [0.2, 0.25) is 0 Å². The van der Waals surface area contributed by atoms with Gasteiger partial charge >= 0.3 is 11.9 Å². The summed E-state index contributed by atoms with van der Waals surface area (Å²) in [6.07, 6.45) is 0.805. The van der Waals surface area contributed by atoms with Crippen molar-refractivity contribution in [2.75, 3.05) is 7.11 Å². The molecule has 4 heterocycles. The van der Waals surface area contributed by atoms with Crippen LogP contribution < -0.4 is 4.74 Å². The first-order chi connectivity index (χ1) is 12.7. The van der Waals surface area contributed by atoms with Crippen molar-refractivity contribution in [2.24, 2.45) is 0 Å². The van der Waals surface area contributed by atoms with Crippen LogP contribution >= 0.6 is 0 Å². The standard InChI is InChI=1S/C21H15NO4/c1-3-13-14-5-4-6-15-17-18(21(24)26-20(17)23)19(22(14)15)16(13)11-7-9-12(25-2)10-8-11/h4-10H,3H2,1-2H3.